The third-order valence-electron chi connectivity index (χ3n) is 3.89. The Morgan fingerprint density at radius 2 is 2.05 bits per heavy atom. The van der Waals surface area contributed by atoms with Crippen LogP contribution < -0.4 is 0 Å². The smallest absolute Gasteiger partial charge is 0.264 e. The largest absolute Gasteiger partial charge is 0.360 e. The number of carbonyl (C=O) groups is 1. The third kappa shape index (κ3) is 2.23. The maximum atomic E-state index is 12.5. The first-order valence-electron chi connectivity index (χ1n) is 7.18. The lowest BCUT2D eigenvalue weighted by molar-refractivity contribution is 0.0734. The number of rotatable bonds is 2. The number of hydrogen-bond acceptors (Lipinski definition) is 4. The molecule has 0 bridgehead atoms. The highest BCUT2D eigenvalue weighted by Crippen LogP contribution is 2.30. The molecular formula is C17H14N2O2S. The van der Waals surface area contributed by atoms with Crippen LogP contribution in [0.25, 0.3) is 11.3 Å². The molecule has 0 aliphatic carbocycles. The van der Waals surface area contributed by atoms with Crippen LogP contribution in [0.5, 0.6) is 0 Å². The molecule has 5 heteroatoms. The highest BCUT2D eigenvalue weighted by Gasteiger charge is 2.28. The van der Waals surface area contributed by atoms with Gasteiger partial charge >= 0.3 is 0 Å². The van der Waals surface area contributed by atoms with E-state index >= 15 is 0 Å². The number of thiophene rings is 1. The van der Waals surface area contributed by atoms with Gasteiger partial charge in [-0.05, 0) is 11.4 Å². The van der Waals surface area contributed by atoms with Crippen molar-refractivity contribution in [2.75, 3.05) is 6.54 Å². The molecule has 1 amide bonds. The molecule has 0 N–H and O–H groups in total. The standard InChI is InChI=1S/C17H14N2O2S/c20-17(15-7-4-10-22-15)19-9-8-14-13(11-19)16(18-21-14)12-5-2-1-3-6-12/h1-7,10H,8-9,11H2. The zero-order valence-electron chi connectivity index (χ0n) is 11.9. The molecule has 0 unspecified atom stereocenters. The first-order chi connectivity index (χ1) is 10.8. The Hall–Kier alpha value is -2.40. The first kappa shape index (κ1) is 13.3. The van der Waals surface area contributed by atoms with Crippen LogP contribution in [0.1, 0.15) is 21.0 Å². The second-order valence-electron chi connectivity index (χ2n) is 5.25. The molecule has 4 nitrogen and oxygen atoms in total. The van der Waals surface area contributed by atoms with Gasteiger partial charge in [0, 0.05) is 24.1 Å². The van der Waals surface area contributed by atoms with Crippen LogP contribution in [-0.4, -0.2) is 22.5 Å². The molecule has 1 aromatic carbocycles. The summed E-state index contributed by atoms with van der Waals surface area (Å²) in [6, 6.07) is 13.7. The van der Waals surface area contributed by atoms with Crippen LogP contribution in [0, 0.1) is 0 Å². The molecule has 0 radical (unpaired) electrons. The average molecular weight is 310 g/mol. The molecule has 2 aromatic heterocycles. The van der Waals surface area contributed by atoms with E-state index in [4.69, 9.17) is 4.52 Å². The highest BCUT2D eigenvalue weighted by molar-refractivity contribution is 7.12. The molecule has 1 aliphatic rings. The molecule has 0 atom stereocenters. The molecule has 3 aromatic rings. The van der Waals surface area contributed by atoms with E-state index in [0.29, 0.717) is 19.5 Å². The lowest BCUT2D eigenvalue weighted by Gasteiger charge is -2.25. The van der Waals surface area contributed by atoms with Crippen molar-refractivity contribution in [3.63, 3.8) is 0 Å². The van der Waals surface area contributed by atoms with Crippen LogP contribution in [0.15, 0.2) is 52.4 Å². The molecule has 0 fully saturated rings. The van der Waals surface area contributed by atoms with E-state index in [-0.39, 0.29) is 5.91 Å². The summed E-state index contributed by atoms with van der Waals surface area (Å²) in [5.74, 6) is 0.981. The van der Waals surface area contributed by atoms with Crippen LogP contribution in [0.4, 0.5) is 0 Å². The Morgan fingerprint density at radius 3 is 2.82 bits per heavy atom. The van der Waals surface area contributed by atoms with Gasteiger partial charge in [0.05, 0.1) is 11.4 Å². The molecule has 3 heterocycles. The lowest BCUT2D eigenvalue weighted by atomic mass is 10.0. The summed E-state index contributed by atoms with van der Waals surface area (Å²) in [5, 5.41) is 6.14. The summed E-state index contributed by atoms with van der Waals surface area (Å²) in [4.78, 5) is 15.2. The minimum atomic E-state index is 0.0841. The number of hydrogen-bond donors (Lipinski definition) is 0. The van der Waals surface area contributed by atoms with Crippen molar-refractivity contribution < 1.29 is 9.32 Å². The zero-order chi connectivity index (χ0) is 14.9. The van der Waals surface area contributed by atoms with Gasteiger partial charge in [0.1, 0.15) is 11.5 Å². The van der Waals surface area contributed by atoms with Gasteiger partial charge in [-0.3, -0.25) is 4.79 Å². The molecule has 0 spiro atoms. The molecule has 0 saturated carbocycles. The summed E-state index contributed by atoms with van der Waals surface area (Å²) in [7, 11) is 0. The summed E-state index contributed by atoms with van der Waals surface area (Å²) < 4.78 is 5.47. The monoisotopic (exact) mass is 310 g/mol. The van der Waals surface area contributed by atoms with Gasteiger partial charge in [-0.15, -0.1) is 11.3 Å². The number of fused-ring (bicyclic) bond motifs is 1. The summed E-state index contributed by atoms with van der Waals surface area (Å²) in [6.45, 7) is 1.23. The quantitative estimate of drug-likeness (QED) is 0.726. The number of nitrogens with zero attached hydrogens (tertiary/aromatic N) is 2. The van der Waals surface area contributed by atoms with E-state index < -0.39 is 0 Å². The molecule has 1 aliphatic heterocycles. The van der Waals surface area contributed by atoms with Gasteiger partial charge in [0.25, 0.3) is 5.91 Å². The molecule has 4 rings (SSSR count). The van der Waals surface area contributed by atoms with E-state index in [0.717, 1.165) is 27.5 Å². The molecule has 22 heavy (non-hydrogen) atoms. The van der Waals surface area contributed by atoms with Crippen molar-refractivity contribution in [2.45, 2.75) is 13.0 Å². The molecule has 110 valence electrons. The predicted octanol–water partition coefficient (Wildman–Crippen LogP) is 3.60. The predicted molar refractivity (Wildman–Crippen MR) is 84.7 cm³/mol. The van der Waals surface area contributed by atoms with Crippen LogP contribution in [0.2, 0.25) is 0 Å². The van der Waals surface area contributed by atoms with Crippen molar-refractivity contribution in [3.05, 3.63) is 64.0 Å². The number of amides is 1. The Kier molecular flexibility index (Phi) is 3.27. The van der Waals surface area contributed by atoms with Gasteiger partial charge in [-0.25, -0.2) is 0 Å². The van der Waals surface area contributed by atoms with Crippen molar-refractivity contribution in [1.29, 1.82) is 0 Å². The van der Waals surface area contributed by atoms with Gasteiger partial charge < -0.3 is 9.42 Å². The number of aromatic nitrogens is 1. The second-order valence-corrected chi connectivity index (χ2v) is 6.20. The van der Waals surface area contributed by atoms with Gasteiger partial charge in [-0.1, -0.05) is 41.6 Å². The van der Waals surface area contributed by atoms with Crippen LogP contribution in [-0.2, 0) is 13.0 Å². The Labute approximate surface area is 132 Å². The maximum Gasteiger partial charge on any atom is 0.264 e. The fourth-order valence-corrected chi connectivity index (χ4v) is 3.45. The van der Waals surface area contributed by atoms with E-state index in [1.807, 2.05) is 52.7 Å². The minimum absolute atomic E-state index is 0.0841. The van der Waals surface area contributed by atoms with E-state index in [9.17, 15) is 4.79 Å². The minimum Gasteiger partial charge on any atom is -0.360 e. The number of carbonyl (C=O) groups excluding carboxylic acids is 1. The average Bonchev–Trinajstić information content (AvgIpc) is 3.24. The summed E-state index contributed by atoms with van der Waals surface area (Å²) in [6.07, 6.45) is 0.715. The van der Waals surface area contributed by atoms with Crippen LogP contribution >= 0.6 is 11.3 Å². The van der Waals surface area contributed by atoms with Crippen molar-refractivity contribution in [2.24, 2.45) is 0 Å². The zero-order valence-corrected chi connectivity index (χ0v) is 12.7. The van der Waals surface area contributed by atoms with Crippen molar-refractivity contribution in [1.82, 2.24) is 10.1 Å². The van der Waals surface area contributed by atoms with E-state index in [1.54, 1.807) is 0 Å². The fraction of sp³-hybridized carbons (Fsp3) is 0.176. The van der Waals surface area contributed by atoms with Crippen molar-refractivity contribution in [3.8, 4) is 11.3 Å². The third-order valence-corrected chi connectivity index (χ3v) is 4.75. The molecule has 0 saturated heterocycles. The Morgan fingerprint density at radius 1 is 1.18 bits per heavy atom. The van der Waals surface area contributed by atoms with E-state index in [1.165, 1.54) is 11.3 Å². The van der Waals surface area contributed by atoms with Gasteiger partial charge in [0.15, 0.2) is 0 Å². The number of benzene rings is 1. The first-order valence-corrected chi connectivity index (χ1v) is 8.06. The lowest BCUT2D eigenvalue weighted by Crippen LogP contribution is -2.35. The van der Waals surface area contributed by atoms with Gasteiger partial charge in [0.2, 0.25) is 0 Å². The summed E-state index contributed by atoms with van der Waals surface area (Å²) in [5.41, 5.74) is 2.90. The van der Waals surface area contributed by atoms with Crippen molar-refractivity contribution >= 4 is 17.2 Å². The fourth-order valence-electron chi connectivity index (χ4n) is 2.76. The SMILES string of the molecule is O=C(c1cccs1)N1CCc2onc(-c3ccccc3)c2C1. The normalized spacial score (nSPS) is 13.9. The van der Waals surface area contributed by atoms with Gasteiger partial charge in [-0.2, -0.15) is 0 Å². The van der Waals surface area contributed by atoms with Crippen LogP contribution in [0.3, 0.4) is 0 Å². The van der Waals surface area contributed by atoms with E-state index in [2.05, 4.69) is 5.16 Å². The second kappa shape index (κ2) is 5.42. The maximum absolute atomic E-state index is 12.5. The topological polar surface area (TPSA) is 46.3 Å². The Balaban J connectivity index is 1.66. The summed E-state index contributed by atoms with van der Waals surface area (Å²) >= 11 is 1.48. The Bertz CT molecular complexity index is 793. The molecular weight excluding hydrogens is 296 g/mol. The highest BCUT2D eigenvalue weighted by atomic mass is 32.1.